The van der Waals surface area contributed by atoms with Crippen LogP contribution < -0.4 is 4.90 Å². The van der Waals surface area contributed by atoms with Crippen molar-refractivity contribution in [3.8, 4) is 12.3 Å². The van der Waals surface area contributed by atoms with Gasteiger partial charge in [0.1, 0.15) is 5.82 Å². The molecule has 0 aliphatic rings. The van der Waals surface area contributed by atoms with Crippen molar-refractivity contribution in [2.45, 2.75) is 20.0 Å². The monoisotopic (exact) mass is 221 g/mol. The summed E-state index contributed by atoms with van der Waals surface area (Å²) in [6, 6.07) is 4.52. The van der Waals surface area contributed by atoms with E-state index in [0.29, 0.717) is 12.1 Å². The number of aliphatic hydroxyl groups is 1. The quantitative estimate of drug-likeness (QED) is 0.770. The molecule has 16 heavy (non-hydrogen) atoms. The molecule has 3 heteroatoms. The van der Waals surface area contributed by atoms with Crippen molar-refractivity contribution in [1.29, 1.82) is 0 Å². The first-order valence-corrected chi connectivity index (χ1v) is 5.30. The highest BCUT2D eigenvalue weighted by Gasteiger charge is 2.07. The summed E-state index contributed by atoms with van der Waals surface area (Å²) in [5, 5.41) is 9.00. The summed E-state index contributed by atoms with van der Waals surface area (Å²) < 4.78 is 13.3. The van der Waals surface area contributed by atoms with E-state index in [9.17, 15) is 4.39 Å². The van der Waals surface area contributed by atoms with Gasteiger partial charge in [-0.05, 0) is 30.2 Å². The lowest BCUT2D eigenvalue weighted by Crippen LogP contribution is -2.24. The van der Waals surface area contributed by atoms with Crippen LogP contribution in [0.5, 0.6) is 0 Å². The smallest absolute Gasteiger partial charge is 0.125 e. The Bertz CT molecular complexity index is 384. The predicted octanol–water partition coefficient (Wildman–Crippen LogP) is 2.17. The number of terminal acetylenes is 1. The maximum atomic E-state index is 13.3. The topological polar surface area (TPSA) is 23.5 Å². The fourth-order valence-electron chi connectivity index (χ4n) is 1.59. The standard InChI is InChI=1S/C13H16FNO/c1-3-5-15(6-4-2)13-8-11(10-16)7-12(14)9-13/h1,7-9,16H,4-6,10H2,2H3. The van der Waals surface area contributed by atoms with Gasteiger partial charge in [-0.1, -0.05) is 12.8 Å². The molecule has 0 heterocycles. The second kappa shape index (κ2) is 6.14. The second-order valence-electron chi connectivity index (χ2n) is 3.60. The normalized spacial score (nSPS) is 9.88. The van der Waals surface area contributed by atoms with Crippen LogP contribution in [-0.4, -0.2) is 18.2 Å². The van der Waals surface area contributed by atoms with Gasteiger partial charge in [0.25, 0.3) is 0 Å². The summed E-state index contributed by atoms with van der Waals surface area (Å²) in [6.45, 7) is 3.09. The zero-order chi connectivity index (χ0) is 12.0. The van der Waals surface area contributed by atoms with Crippen LogP contribution in [0.4, 0.5) is 10.1 Å². The van der Waals surface area contributed by atoms with Crippen LogP contribution in [0.1, 0.15) is 18.9 Å². The Kier molecular flexibility index (Phi) is 4.81. The molecule has 1 rings (SSSR count). The fraction of sp³-hybridized carbons (Fsp3) is 0.385. The van der Waals surface area contributed by atoms with Crippen LogP contribution in [0.15, 0.2) is 18.2 Å². The molecular weight excluding hydrogens is 205 g/mol. The van der Waals surface area contributed by atoms with Crippen LogP contribution in [0.25, 0.3) is 0 Å². The van der Waals surface area contributed by atoms with Gasteiger partial charge in [0.2, 0.25) is 0 Å². The Labute approximate surface area is 95.7 Å². The minimum Gasteiger partial charge on any atom is -0.392 e. The van der Waals surface area contributed by atoms with Gasteiger partial charge in [-0.2, -0.15) is 0 Å². The molecule has 0 unspecified atom stereocenters. The lowest BCUT2D eigenvalue weighted by molar-refractivity contribution is 0.281. The van der Waals surface area contributed by atoms with E-state index in [1.54, 1.807) is 6.07 Å². The fourth-order valence-corrected chi connectivity index (χ4v) is 1.59. The summed E-state index contributed by atoms with van der Waals surface area (Å²) in [7, 11) is 0. The highest BCUT2D eigenvalue weighted by molar-refractivity contribution is 5.50. The Morgan fingerprint density at radius 1 is 1.44 bits per heavy atom. The number of benzene rings is 1. The highest BCUT2D eigenvalue weighted by Crippen LogP contribution is 2.18. The number of halogens is 1. The molecule has 1 N–H and O–H groups in total. The maximum absolute atomic E-state index is 13.3. The van der Waals surface area contributed by atoms with Gasteiger partial charge in [-0.25, -0.2) is 4.39 Å². The predicted molar refractivity (Wildman–Crippen MR) is 63.7 cm³/mol. The van der Waals surface area contributed by atoms with Gasteiger partial charge in [0.05, 0.1) is 13.2 Å². The van der Waals surface area contributed by atoms with Gasteiger partial charge in [-0.15, -0.1) is 6.42 Å². The molecule has 0 atom stereocenters. The Morgan fingerprint density at radius 2 is 2.19 bits per heavy atom. The molecule has 0 amide bonds. The van der Waals surface area contributed by atoms with Crippen LogP contribution in [0.2, 0.25) is 0 Å². The van der Waals surface area contributed by atoms with E-state index >= 15 is 0 Å². The van der Waals surface area contributed by atoms with Gasteiger partial charge in [-0.3, -0.25) is 0 Å². The molecule has 0 bridgehead atoms. The molecule has 1 aromatic rings. The first kappa shape index (κ1) is 12.5. The molecule has 0 saturated carbocycles. The maximum Gasteiger partial charge on any atom is 0.125 e. The second-order valence-corrected chi connectivity index (χ2v) is 3.60. The Hall–Kier alpha value is -1.53. The average Bonchev–Trinajstić information content (AvgIpc) is 2.28. The third-order valence-corrected chi connectivity index (χ3v) is 2.27. The number of nitrogens with zero attached hydrogens (tertiary/aromatic N) is 1. The van der Waals surface area contributed by atoms with E-state index < -0.39 is 0 Å². The number of aliphatic hydroxyl groups excluding tert-OH is 1. The number of anilines is 1. The van der Waals surface area contributed by atoms with Gasteiger partial charge in [0, 0.05) is 12.2 Å². The minimum atomic E-state index is -0.348. The van der Waals surface area contributed by atoms with E-state index in [1.807, 2.05) is 11.8 Å². The van der Waals surface area contributed by atoms with E-state index in [2.05, 4.69) is 5.92 Å². The summed E-state index contributed by atoms with van der Waals surface area (Å²) in [5.41, 5.74) is 1.29. The Balaban J connectivity index is 2.99. The first-order chi connectivity index (χ1) is 7.71. The van der Waals surface area contributed by atoms with Crippen molar-refractivity contribution in [2.75, 3.05) is 18.0 Å². The van der Waals surface area contributed by atoms with Crippen LogP contribution in [-0.2, 0) is 6.61 Å². The summed E-state index contributed by atoms with van der Waals surface area (Å²) in [5.74, 6) is 2.20. The molecule has 86 valence electrons. The van der Waals surface area contributed by atoms with Crippen molar-refractivity contribution < 1.29 is 9.50 Å². The van der Waals surface area contributed by atoms with Crippen molar-refractivity contribution in [1.82, 2.24) is 0 Å². The zero-order valence-electron chi connectivity index (χ0n) is 9.41. The lowest BCUT2D eigenvalue weighted by atomic mass is 10.2. The number of hydrogen-bond acceptors (Lipinski definition) is 2. The Morgan fingerprint density at radius 3 is 2.75 bits per heavy atom. The van der Waals surface area contributed by atoms with Gasteiger partial charge < -0.3 is 10.0 Å². The molecule has 0 spiro atoms. The molecule has 0 radical (unpaired) electrons. The molecule has 2 nitrogen and oxygen atoms in total. The van der Waals surface area contributed by atoms with Crippen LogP contribution in [0.3, 0.4) is 0 Å². The van der Waals surface area contributed by atoms with Gasteiger partial charge in [0.15, 0.2) is 0 Å². The van der Waals surface area contributed by atoms with Crippen LogP contribution in [0, 0.1) is 18.2 Å². The minimum absolute atomic E-state index is 0.166. The third-order valence-electron chi connectivity index (χ3n) is 2.27. The molecule has 0 fully saturated rings. The molecule has 0 aromatic heterocycles. The SMILES string of the molecule is C#CCN(CCC)c1cc(F)cc(CO)c1. The average molecular weight is 221 g/mol. The van der Waals surface area contributed by atoms with E-state index in [-0.39, 0.29) is 12.4 Å². The lowest BCUT2D eigenvalue weighted by Gasteiger charge is -2.22. The van der Waals surface area contributed by atoms with Crippen molar-refractivity contribution in [3.63, 3.8) is 0 Å². The van der Waals surface area contributed by atoms with E-state index in [1.165, 1.54) is 12.1 Å². The molecule has 1 aromatic carbocycles. The summed E-state index contributed by atoms with van der Waals surface area (Å²) >= 11 is 0. The van der Waals surface area contributed by atoms with E-state index in [4.69, 9.17) is 11.5 Å². The number of rotatable bonds is 5. The van der Waals surface area contributed by atoms with Crippen molar-refractivity contribution in [3.05, 3.63) is 29.6 Å². The molecular formula is C13H16FNO. The highest BCUT2D eigenvalue weighted by atomic mass is 19.1. The summed E-state index contributed by atoms with van der Waals surface area (Å²) in [6.07, 6.45) is 6.21. The molecule has 0 saturated heterocycles. The molecule has 0 aliphatic carbocycles. The molecule has 0 aliphatic heterocycles. The first-order valence-electron chi connectivity index (χ1n) is 5.30. The van der Waals surface area contributed by atoms with Crippen molar-refractivity contribution in [2.24, 2.45) is 0 Å². The van der Waals surface area contributed by atoms with Crippen molar-refractivity contribution >= 4 is 5.69 Å². The van der Waals surface area contributed by atoms with Gasteiger partial charge >= 0.3 is 0 Å². The summed E-state index contributed by atoms with van der Waals surface area (Å²) in [4.78, 5) is 1.92. The largest absolute Gasteiger partial charge is 0.392 e. The van der Waals surface area contributed by atoms with Crippen LogP contribution >= 0.6 is 0 Å². The number of hydrogen-bond donors (Lipinski definition) is 1. The third kappa shape index (κ3) is 3.25. The van der Waals surface area contributed by atoms with E-state index in [0.717, 1.165) is 18.7 Å². The zero-order valence-corrected chi connectivity index (χ0v) is 9.41.